The molecule has 0 unspecified atom stereocenters. The fraction of sp³-hybridized carbons (Fsp3) is 0.0833. The predicted molar refractivity (Wildman–Crippen MR) is 115 cm³/mol. The van der Waals surface area contributed by atoms with Crippen molar-refractivity contribution in [1.82, 2.24) is 9.97 Å². The van der Waals surface area contributed by atoms with Gasteiger partial charge in [0.15, 0.2) is 6.10 Å². The molecule has 0 saturated carbocycles. The quantitative estimate of drug-likeness (QED) is 0.317. The van der Waals surface area contributed by atoms with Crippen LogP contribution in [0.3, 0.4) is 0 Å². The molecule has 2 aromatic carbocycles. The number of thiazole rings is 1. The van der Waals surface area contributed by atoms with Crippen molar-refractivity contribution in [2.24, 2.45) is 0 Å². The first-order valence-electron chi connectivity index (χ1n) is 9.39. The molecule has 0 saturated heterocycles. The highest BCUT2D eigenvalue weighted by molar-refractivity contribution is 7.13. The van der Waals surface area contributed by atoms with Crippen LogP contribution in [0.15, 0.2) is 90.6 Å². The highest BCUT2D eigenvalue weighted by Crippen LogP contribution is 2.25. The molecule has 0 aliphatic rings. The number of aromatic nitrogens is 2. The van der Waals surface area contributed by atoms with Crippen LogP contribution >= 0.6 is 11.3 Å². The summed E-state index contributed by atoms with van der Waals surface area (Å²) in [6.07, 6.45) is 2.41. The van der Waals surface area contributed by atoms with Gasteiger partial charge in [-0.2, -0.15) is 0 Å². The molecule has 4 rings (SSSR count). The molecule has 0 bridgehead atoms. The second-order valence-electron chi connectivity index (χ2n) is 6.57. The number of ketones is 1. The van der Waals surface area contributed by atoms with E-state index < -0.39 is 12.1 Å². The highest BCUT2D eigenvalue weighted by Gasteiger charge is 2.26. The van der Waals surface area contributed by atoms with Crippen LogP contribution in [0, 0.1) is 0 Å². The maximum atomic E-state index is 13.0. The molecular weight excluding hydrogens is 396 g/mol. The molecule has 2 heterocycles. The first-order valence-corrected chi connectivity index (χ1v) is 10.3. The average Bonchev–Trinajstić information content (AvgIpc) is 3.27. The summed E-state index contributed by atoms with van der Waals surface area (Å²) >= 11 is 1.44. The van der Waals surface area contributed by atoms with E-state index in [2.05, 4.69) is 9.97 Å². The molecule has 0 aliphatic carbocycles. The minimum absolute atomic E-state index is 0.0117. The molecule has 0 amide bonds. The smallest absolute Gasteiger partial charge is 0.312 e. The van der Waals surface area contributed by atoms with Gasteiger partial charge in [0.05, 0.1) is 12.1 Å². The van der Waals surface area contributed by atoms with Crippen molar-refractivity contribution in [2.45, 2.75) is 12.5 Å². The molecule has 1 atom stereocenters. The van der Waals surface area contributed by atoms with E-state index in [0.29, 0.717) is 16.8 Å². The number of pyridine rings is 1. The van der Waals surface area contributed by atoms with E-state index in [4.69, 9.17) is 4.74 Å². The van der Waals surface area contributed by atoms with Gasteiger partial charge in [-0.25, -0.2) is 4.98 Å². The van der Waals surface area contributed by atoms with E-state index in [1.54, 1.807) is 48.8 Å². The summed E-state index contributed by atoms with van der Waals surface area (Å²) in [6, 6.07) is 21.6. The van der Waals surface area contributed by atoms with Crippen LogP contribution in [-0.2, 0) is 16.0 Å². The zero-order chi connectivity index (χ0) is 20.8. The lowest BCUT2D eigenvalue weighted by Crippen LogP contribution is -2.21. The average molecular weight is 414 g/mol. The van der Waals surface area contributed by atoms with Gasteiger partial charge in [0, 0.05) is 34.5 Å². The molecule has 0 fully saturated rings. The molecule has 6 heteroatoms. The first kappa shape index (κ1) is 19.7. The number of nitrogens with zero attached hydrogens (tertiary/aromatic N) is 2. The number of rotatable bonds is 7. The zero-order valence-corrected chi connectivity index (χ0v) is 16.8. The number of Topliss-reactive ketones (excluding diaryl/α,β-unsaturated/α-hetero) is 1. The lowest BCUT2D eigenvalue weighted by Gasteiger charge is -2.17. The number of hydrogen-bond donors (Lipinski definition) is 0. The third-order valence-corrected chi connectivity index (χ3v) is 5.37. The number of esters is 1. The first-order chi connectivity index (χ1) is 14.7. The van der Waals surface area contributed by atoms with E-state index in [1.807, 2.05) is 41.8 Å². The van der Waals surface area contributed by atoms with Gasteiger partial charge in [0.1, 0.15) is 5.01 Å². The summed E-state index contributed by atoms with van der Waals surface area (Å²) in [4.78, 5) is 34.3. The van der Waals surface area contributed by atoms with Gasteiger partial charge in [-0.3, -0.25) is 14.6 Å². The molecule has 0 aliphatic heterocycles. The number of carbonyl (C=O) groups is 2. The van der Waals surface area contributed by atoms with Crippen molar-refractivity contribution < 1.29 is 14.3 Å². The Hall–Kier alpha value is -3.64. The van der Waals surface area contributed by atoms with Crippen LogP contribution in [0.2, 0.25) is 0 Å². The van der Waals surface area contributed by atoms with E-state index in [9.17, 15) is 9.59 Å². The number of carbonyl (C=O) groups excluding carboxylic acids is 2. The van der Waals surface area contributed by atoms with Crippen molar-refractivity contribution in [3.05, 3.63) is 107 Å². The normalized spacial score (nSPS) is 11.6. The fourth-order valence-corrected chi connectivity index (χ4v) is 3.80. The summed E-state index contributed by atoms with van der Waals surface area (Å²) < 4.78 is 5.64. The summed E-state index contributed by atoms with van der Waals surface area (Å²) in [6.45, 7) is 0. The third kappa shape index (κ3) is 4.67. The van der Waals surface area contributed by atoms with Crippen LogP contribution in [-0.4, -0.2) is 21.7 Å². The van der Waals surface area contributed by atoms with Crippen LogP contribution in [0.1, 0.15) is 27.7 Å². The Labute approximate surface area is 178 Å². The maximum absolute atomic E-state index is 13.0. The molecule has 2 aromatic heterocycles. The SMILES string of the molecule is O=C(Cc1csc(-c2cccnc2)n1)O[C@H](C(=O)c1ccccc1)c1ccccc1. The van der Waals surface area contributed by atoms with Crippen LogP contribution < -0.4 is 0 Å². The molecule has 30 heavy (non-hydrogen) atoms. The monoisotopic (exact) mass is 414 g/mol. The molecule has 148 valence electrons. The van der Waals surface area contributed by atoms with E-state index >= 15 is 0 Å². The fourth-order valence-electron chi connectivity index (χ4n) is 2.99. The minimum atomic E-state index is -1.00. The van der Waals surface area contributed by atoms with Crippen molar-refractivity contribution in [3.63, 3.8) is 0 Å². The number of hydrogen-bond acceptors (Lipinski definition) is 6. The summed E-state index contributed by atoms with van der Waals surface area (Å²) in [5, 5.41) is 2.60. The minimum Gasteiger partial charge on any atom is -0.449 e. The van der Waals surface area contributed by atoms with Crippen LogP contribution in [0.4, 0.5) is 0 Å². The van der Waals surface area contributed by atoms with Gasteiger partial charge >= 0.3 is 5.97 Å². The van der Waals surface area contributed by atoms with Gasteiger partial charge < -0.3 is 4.74 Å². The lowest BCUT2D eigenvalue weighted by molar-refractivity contribution is -0.146. The molecule has 0 N–H and O–H groups in total. The summed E-state index contributed by atoms with van der Waals surface area (Å²) in [5.74, 6) is -0.763. The number of ether oxygens (including phenoxy) is 1. The Balaban J connectivity index is 1.51. The van der Waals surface area contributed by atoms with E-state index in [-0.39, 0.29) is 12.2 Å². The molecule has 4 aromatic rings. The highest BCUT2D eigenvalue weighted by atomic mass is 32.1. The Morgan fingerprint density at radius 3 is 2.37 bits per heavy atom. The Kier molecular flexibility index (Phi) is 6.06. The van der Waals surface area contributed by atoms with Gasteiger partial charge in [-0.15, -0.1) is 11.3 Å². The Bertz CT molecular complexity index is 1130. The third-order valence-electron chi connectivity index (χ3n) is 4.43. The van der Waals surface area contributed by atoms with Crippen molar-refractivity contribution in [2.75, 3.05) is 0 Å². The van der Waals surface area contributed by atoms with Gasteiger partial charge in [-0.1, -0.05) is 60.7 Å². The molecule has 5 nitrogen and oxygen atoms in total. The second-order valence-corrected chi connectivity index (χ2v) is 7.43. The summed E-state index contributed by atoms with van der Waals surface area (Å²) in [5.41, 5.74) is 2.62. The van der Waals surface area contributed by atoms with Crippen molar-refractivity contribution in [1.29, 1.82) is 0 Å². The second kappa shape index (κ2) is 9.24. The van der Waals surface area contributed by atoms with Gasteiger partial charge in [0.25, 0.3) is 0 Å². The number of benzene rings is 2. The molecule has 0 spiro atoms. The lowest BCUT2D eigenvalue weighted by atomic mass is 10.00. The van der Waals surface area contributed by atoms with Crippen molar-refractivity contribution >= 4 is 23.1 Å². The Morgan fingerprint density at radius 2 is 1.67 bits per heavy atom. The van der Waals surface area contributed by atoms with Crippen LogP contribution in [0.25, 0.3) is 10.6 Å². The topological polar surface area (TPSA) is 69.2 Å². The molecular formula is C24H18N2O3S. The largest absolute Gasteiger partial charge is 0.449 e. The predicted octanol–water partition coefficient (Wildman–Crippen LogP) is 4.92. The van der Waals surface area contributed by atoms with Crippen LogP contribution in [0.5, 0.6) is 0 Å². The van der Waals surface area contributed by atoms with E-state index in [1.165, 1.54) is 11.3 Å². The summed E-state index contributed by atoms with van der Waals surface area (Å²) in [7, 11) is 0. The maximum Gasteiger partial charge on any atom is 0.312 e. The zero-order valence-electron chi connectivity index (χ0n) is 16.0. The molecule has 0 radical (unpaired) electrons. The van der Waals surface area contributed by atoms with Gasteiger partial charge in [0.2, 0.25) is 5.78 Å². The van der Waals surface area contributed by atoms with Crippen molar-refractivity contribution in [3.8, 4) is 10.6 Å². The van der Waals surface area contributed by atoms with Gasteiger partial charge in [-0.05, 0) is 12.1 Å². The standard InChI is InChI=1S/C24H18N2O3S/c27-21(14-20-16-30-24(26-20)19-12-7-13-25-15-19)29-23(18-10-5-2-6-11-18)22(28)17-8-3-1-4-9-17/h1-13,15-16,23H,14H2/t23-/m0/s1. The van der Waals surface area contributed by atoms with E-state index in [0.717, 1.165) is 10.6 Å². The Morgan fingerprint density at radius 1 is 0.933 bits per heavy atom.